The number of aromatic nitrogens is 3. The smallest absolute Gasteiger partial charge is 0.405 e. The van der Waals surface area contributed by atoms with Crippen LogP contribution < -0.4 is 5.32 Å². The molecule has 1 unspecified atom stereocenters. The molecule has 0 aliphatic heterocycles. The number of benzene rings is 1. The SMILES string of the molecule is C=CCC(NC(=O)O)c1cc(-c2ccc3nn(C)cc3c2)on1. The lowest BCUT2D eigenvalue weighted by atomic mass is 10.1. The maximum absolute atomic E-state index is 10.9. The summed E-state index contributed by atoms with van der Waals surface area (Å²) in [6, 6.07) is 7.02. The van der Waals surface area contributed by atoms with Crippen LogP contribution in [0.2, 0.25) is 0 Å². The zero-order chi connectivity index (χ0) is 16.4. The van der Waals surface area contributed by atoms with Gasteiger partial charge < -0.3 is 14.9 Å². The van der Waals surface area contributed by atoms with Crippen LogP contribution in [0.4, 0.5) is 4.79 Å². The Kier molecular flexibility index (Phi) is 3.84. The van der Waals surface area contributed by atoms with E-state index in [2.05, 4.69) is 22.2 Å². The third kappa shape index (κ3) is 3.08. The quantitative estimate of drug-likeness (QED) is 0.706. The minimum atomic E-state index is -1.11. The van der Waals surface area contributed by atoms with Gasteiger partial charge >= 0.3 is 6.09 Å². The van der Waals surface area contributed by atoms with Crippen LogP contribution >= 0.6 is 0 Å². The lowest BCUT2D eigenvalue weighted by molar-refractivity contribution is 0.189. The van der Waals surface area contributed by atoms with E-state index in [1.54, 1.807) is 16.8 Å². The van der Waals surface area contributed by atoms with Gasteiger partial charge in [0.15, 0.2) is 5.76 Å². The van der Waals surface area contributed by atoms with E-state index >= 15 is 0 Å². The lowest BCUT2D eigenvalue weighted by Gasteiger charge is -2.10. The third-order valence-electron chi connectivity index (χ3n) is 3.49. The van der Waals surface area contributed by atoms with Gasteiger partial charge in [-0.15, -0.1) is 6.58 Å². The number of hydrogen-bond donors (Lipinski definition) is 2. The van der Waals surface area contributed by atoms with E-state index in [1.165, 1.54) is 0 Å². The highest BCUT2D eigenvalue weighted by atomic mass is 16.5. The Bertz CT molecular complexity index is 865. The summed E-state index contributed by atoms with van der Waals surface area (Å²) < 4.78 is 7.12. The fourth-order valence-electron chi connectivity index (χ4n) is 2.46. The summed E-state index contributed by atoms with van der Waals surface area (Å²) in [5.74, 6) is 0.576. The van der Waals surface area contributed by atoms with E-state index in [-0.39, 0.29) is 0 Å². The predicted octanol–water partition coefficient (Wildman–Crippen LogP) is 3.11. The molecule has 0 radical (unpaired) electrons. The van der Waals surface area contributed by atoms with Gasteiger partial charge in [-0.3, -0.25) is 4.68 Å². The van der Waals surface area contributed by atoms with Gasteiger partial charge in [0.1, 0.15) is 5.69 Å². The second-order valence-electron chi connectivity index (χ2n) is 5.22. The number of hydrogen-bond acceptors (Lipinski definition) is 4. The number of carbonyl (C=O) groups is 1. The van der Waals surface area contributed by atoms with E-state index in [0.717, 1.165) is 16.5 Å². The molecule has 1 atom stereocenters. The number of nitrogens with zero attached hydrogens (tertiary/aromatic N) is 3. The summed E-state index contributed by atoms with van der Waals surface area (Å²) >= 11 is 0. The van der Waals surface area contributed by atoms with Crippen LogP contribution in [0.25, 0.3) is 22.2 Å². The van der Waals surface area contributed by atoms with Crippen LogP contribution in [-0.4, -0.2) is 26.1 Å². The summed E-state index contributed by atoms with van der Waals surface area (Å²) in [5.41, 5.74) is 2.28. The molecule has 23 heavy (non-hydrogen) atoms. The molecule has 7 nitrogen and oxygen atoms in total. The fraction of sp³-hybridized carbons (Fsp3) is 0.188. The Morgan fingerprint density at radius 3 is 3.09 bits per heavy atom. The van der Waals surface area contributed by atoms with Crippen molar-refractivity contribution >= 4 is 17.0 Å². The van der Waals surface area contributed by atoms with Crippen molar-refractivity contribution in [1.29, 1.82) is 0 Å². The van der Waals surface area contributed by atoms with Crippen molar-refractivity contribution in [3.8, 4) is 11.3 Å². The molecule has 7 heteroatoms. The van der Waals surface area contributed by atoms with Crippen LogP contribution in [0.3, 0.4) is 0 Å². The second kappa shape index (κ2) is 5.96. The Hall–Kier alpha value is -3.09. The van der Waals surface area contributed by atoms with E-state index in [0.29, 0.717) is 17.9 Å². The van der Waals surface area contributed by atoms with Crippen LogP contribution in [0, 0.1) is 0 Å². The lowest BCUT2D eigenvalue weighted by Crippen LogP contribution is -2.26. The first-order valence-corrected chi connectivity index (χ1v) is 7.07. The van der Waals surface area contributed by atoms with Crippen LogP contribution in [0.1, 0.15) is 18.2 Å². The molecule has 118 valence electrons. The Morgan fingerprint density at radius 1 is 1.52 bits per heavy atom. The van der Waals surface area contributed by atoms with Gasteiger partial charge in [0.2, 0.25) is 0 Å². The van der Waals surface area contributed by atoms with Gasteiger partial charge in [0.25, 0.3) is 0 Å². The first-order chi connectivity index (χ1) is 11.1. The largest absolute Gasteiger partial charge is 0.465 e. The van der Waals surface area contributed by atoms with Gasteiger partial charge in [0, 0.05) is 30.3 Å². The van der Waals surface area contributed by atoms with Crippen molar-refractivity contribution in [3.63, 3.8) is 0 Å². The summed E-state index contributed by atoms with van der Waals surface area (Å²) in [7, 11) is 1.86. The molecule has 0 fully saturated rings. The highest BCUT2D eigenvalue weighted by Gasteiger charge is 2.18. The molecule has 1 aromatic carbocycles. The van der Waals surface area contributed by atoms with E-state index in [9.17, 15) is 4.79 Å². The normalized spacial score (nSPS) is 12.2. The summed E-state index contributed by atoms with van der Waals surface area (Å²) in [6.45, 7) is 3.63. The van der Waals surface area contributed by atoms with E-state index in [4.69, 9.17) is 9.63 Å². The highest BCUT2D eigenvalue weighted by Crippen LogP contribution is 2.27. The van der Waals surface area contributed by atoms with E-state index < -0.39 is 12.1 Å². The number of carboxylic acid groups (broad SMARTS) is 1. The molecule has 1 amide bonds. The van der Waals surface area contributed by atoms with Gasteiger partial charge in [0.05, 0.1) is 11.6 Å². The molecule has 2 N–H and O–H groups in total. The number of amides is 1. The average molecular weight is 312 g/mol. The van der Waals surface area contributed by atoms with Crippen molar-refractivity contribution in [1.82, 2.24) is 20.3 Å². The maximum atomic E-state index is 10.9. The average Bonchev–Trinajstić information content (AvgIpc) is 3.10. The molecule has 0 aliphatic carbocycles. The molecular weight excluding hydrogens is 296 g/mol. The molecule has 3 aromatic rings. The Morgan fingerprint density at radius 2 is 2.35 bits per heavy atom. The first kappa shape index (κ1) is 14.8. The van der Waals surface area contributed by atoms with Gasteiger partial charge in [-0.1, -0.05) is 11.2 Å². The highest BCUT2D eigenvalue weighted by molar-refractivity contribution is 5.83. The third-order valence-corrected chi connectivity index (χ3v) is 3.49. The van der Waals surface area contributed by atoms with Crippen LogP contribution in [-0.2, 0) is 7.05 Å². The summed E-state index contributed by atoms with van der Waals surface area (Å²) in [5, 5.41) is 20.6. The monoisotopic (exact) mass is 312 g/mol. The number of aryl methyl sites for hydroxylation is 1. The van der Waals surface area contributed by atoms with Crippen molar-refractivity contribution in [2.24, 2.45) is 7.05 Å². The van der Waals surface area contributed by atoms with Crippen LogP contribution in [0.5, 0.6) is 0 Å². The number of rotatable bonds is 5. The number of fused-ring (bicyclic) bond motifs is 1. The molecule has 0 bridgehead atoms. The van der Waals surface area contributed by atoms with Crippen molar-refractivity contribution in [2.75, 3.05) is 0 Å². The minimum Gasteiger partial charge on any atom is -0.465 e. The standard InChI is InChI=1S/C16H16N4O3/c1-3-4-13(17-16(21)22)14-8-15(23-19-14)10-5-6-12-11(7-10)9-20(2)18-12/h3,5-9,13,17H,1,4H2,2H3,(H,21,22). The number of nitrogens with one attached hydrogen (secondary N) is 1. The maximum Gasteiger partial charge on any atom is 0.405 e. The topological polar surface area (TPSA) is 93.2 Å². The molecular formula is C16H16N4O3. The molecule has 0 spiro atoms. The van der Waals surface area contributed by atoms with E-state index in [1.807, 2.05) is 31.4 Å². The Balaban J connectivity index is 1.92. The zero-order valence-electron chi connectivity index (χ0n) is 12.6. The molecule has 0 aliphatic rings. The van der Waals surface area contributed by atoms with Crippen LogP contribution in [0.15, 0.2) is 47.6 Å². The van der Waals surface area contributed by atoms with Gasteiger partial charge in [-0.2, -0.15) is 5.10 Å². The first-order valence-electron chi connectivity index (χ1n) is 7.07. The minimum absolute atomic E-state index is 0.430. The van der Waals surface area contributed by atoms with Gasteiger partial charge in [-0.05, 0) is 24.6 Å². The van der Waals surface area contributed by atoms with Crippen molar-refractivity contribution < 1.29 is 14.4 Å². The fourth-order valence-corrected chi connectivity index (χ4v) is 2.46. The summed E-state index contributed by atoms with van der Waals surface area (Å²) in [6.07, 6.45) is 2.87. The molecule has 2 aromatic heterocycles. The molecule has 0 saturated carbocycles. The summed E-state index contributed by atoms with van der Waals surface area (Å²) in [4.78, 5) is 10.9. The van der Waals surface area contributed by atoms with Crippen molar-refractivity contribution in [2.45, 2.75) is 12.5 Å². The van der Waals surface area contributed by atoms with Crippen molar-refractivity contribution in [3.05, 3.63) is 48.8 Å². The van der Waals surface area contributed by atoms with Gasteiger partial charge in [-0.25, -0.2) is 4.79 Å². The predicted molar refractivity (Wildman–Crippen MR) is 84.9 cm³/mol. The molecule has 3 rings (SSSR count). The molecule has 0 saturated heterocycles. The Labute approximate surface area is 132 Å². The second-order valence-corrected chi connectivity index (χ2v) is 5.22. The zero-order valence-corrected chi connectivity index (χ0v) is 12.6. The molecule has 2 heterocycles.